The van der Waals surface area contributed by atoms with Gasteiger partial charge in [-0.05, 0) is 45.2 Å². The van der Waals surface area contributed by atoms with Gasteiger partial charge in [-0.2, -0.15) is 0 Å². The maximum absolute atomic E-state index is 6.12. The molecule has 1 fully saturated rings. The lowest BCUT2D eigenvalue weighted by Gasteiger charge is -2.32. The van der Waals surface area contributed by atoms with Crippen LogP contribution in [0, 0.1) is 5.92 Å². The number of hydrogen-bond acceptors (Lipinski definition) is 2. The molecule has 1 heterocycles. The number of likely N-dealkylation sites (tertiary alicyclic amines) is 1. The van der Waals surface area contributed by atoms with Gasteiger partial charge in [-0.15, -0.1) is 11.6 Å². The first-order valence-electron chi connectivity index (χ1n) is 6.68. The van der Waals surface area contributed by atoms with Crippen LogP contribution >= 0.6 is 11.6 Å². The molecule has 16 heavy (non-hydrogen) atoms. The Morgan fingerprint density at radius 3 is 2.56 bits per heavy atom. The topological polar surface area (TPSA) is 12.5 Å². The van der Waals surface area contributed by atoms with Gasteiger partial charge in [-0.1, -0.05) is 13.3 Å². The second kappa shape index (κ2) is 8.32. The van der Waals surface area contributed by atoms with Crippen molar-refractivity contribution in [3.05, 3.63) is 0 Å². The van der Waals surface area contributed by atoms with E-state index in [0.717, 1.165) is 25.7 Å². The van der Waals surface area contributed by atoms with Crippen molar-refractivity contribution < 1.29 is 4.74 Å². The third-order valence-electron chi connectivity index (χ3n) is 3.48. The minimum Gasteiger partial charge on any atom is -0.380 e. The highest BCUT2D eigenvalue weighted by Gasteiger charge is 2.22. The molecule has 96 valence electrons. The molecule has 0 amide bonds. The highest BCUT2D eigenvalue weighted by atomic mass is 35.5. The van der Waals surface area contributed by atoms with Gasteiger partial charge in [0.15, 0.2) is 0 Å². The normalized spacial score (nSPS) is 21.2. The molecule has 0 aromatic carbocycles. The zero-order chi connectivity index (χ0) is 11.8. The summed E-state index contributed by atoms with van der Waals surface area (Å²) < 4.78 is 5.58. The summed E-state index contributed by atoms with van der Waals surface area (Å²) in [5, 5.41) is 0.336. The molecule has 0 aromatic rings. The van der Waals surface area contributed by atoms with Crippen LogP contribution < -0.4 is 0 Å². The molecule has 0 radical (unpaired) electrons. The van der Waals surface area contributed by atoms with Crippen molar-refractivity contribution >= 4 is 11.6 Å². The number of rotatable bonds is 7. The predicted molar refractivity (Wildman–Crippen MR) is 70.2 cm³/mol. The first-order valence-corrected chi connectivity index (χ1v) is 7.11. The third-order valence-corrected chi connectivity index (χ3v) is 3.83. The predicted octanol–water partition coefficient (Wildman–Crippen LogP) is 3.14. The summed E-state index contributed by atoms with van der Waals surface area (Å²) in [6, 6.07) is 0. The van der Waals surface area contributed by atoms with Crippen LogP contribution in [-0.4, -0.2) is 43.1 Å². The molecule has 2 nitrogen and oxygen atoms in total. The van der Waals surface area contributed by atoms with Gasteiger partial charge < -0.3 is 9.64 Å². The van der Waals surface area contributed by atoms with Crippen LogP contribution in [0.5, 0.6) is 0 Å². The van der Waals surface area contributed by atoms with E-state index < -0.39 is 0 Å². The summed E-state index contributed by atoms with van der Waals surface area (Å²) in [7, 11) is 0. The van der Waals surface area contributed by atoms with Crippen LogP contribution in [0.3, 0.4) is 0 Å². The first kappa shape index (κ1) is 14.3. The number of hydrogen-bond donors (Lipinski definition) is 0. The number of nitrogens with zero attached hydrogens (tertiary/aromatic N) is 1. The van der Waals surface area contributed by atoms with Gasteiger partial charge in [0.05, 0.1) is 6.61 Å². The Labute approximate surface area is 105 Å². The van der Waals surface area contributed by atoms with Crippen LogP contribution in [0.15, 0.2) is 0 Å². The Morgan fingerprint density at radius 1 is 1.31 bits per heavy atom. The summed E-state index contributed by atoms with van der Waals surface area (Å²) in [6.45, 7) is 9.61. The van der Waals surface area contributed by atoms with E-state index in [2.05, 4.69) is 18.7 Å². The molecule has 1 unspecified atom stereocenters. The van der Waals surface area contributed by atoms with Gasteiger partial charge in [0.25, 0.3) is 0 Å². The van der Waals surface area contributed by atoms with Crippen LogP contribution in [0.4, 0.5) is 0 Å². The average molecular weight is 248 g/mol. The lowest BCUT2D eigenvalue weighted by molar-refractivity contribution is 0.0868. The minimum atomic E-state index is 0.336. The molecule has 0 saturated carbocycles. The van der Waals surface area contributed by atoms with Crippen molar-refractivity contribution in [2.75, 3.05) is 32.8 Å². The van der Waals surface area contributed by atoms with Crippen LogP contribution in [0.2, 0.25) is 0 Å². The lowest BCUT2D eigenvalue weighted by Crippen LogP contribution is -2.37. The van der Waals surface area contributed by atoms with Gasteiger partial charge in [-0.25, -0.2) is 0 Å². The van der Waals surface area contributed by atoms with E-state index in [1.165, 1.54) is 38.8 Å². The molecular weight excluding hydrogens is 222 g/mol. The molecule has 0 aromatic heterocycles. The van der Waals surface area contributed by atoms with Crippen LogP contribution in [0.1, 0.15) is 39.5 Å². The molecule has 1 aliphatic heterocycles. The van der Waals surface area contributed by atoms with Gasteiger partial charge in [0.2, 0.25) is 0 Å². The lowest BCUT2D eigenvalue weighted by atomic mass is 9.94. The van der Waals surface area contributed by atoms with Crippen molar-refractivity contribution in [1.82, 2.24) is 4.90 Å². The number of unbranched alkanes of at least 4 members (excludes halogenated alkanes) is 1. The fourth-order valence-electron chi connectivity index (χ4n) is 2.18. The third kappa shape index (κ3) is 5.51. The van der Waals surface area contributed by atoms with Crippen LogP contribution in [0.25, 0.3) is 0 Å². The SMILES string of the molecule is CCCCOCCN1CCC(C(C)Cl)CC1. The second-order valence-corrected chi connectivity index (χ2v) is 5.51. The van der Waals surface area contributed by atoms with E-state index in [1.54, 1.807) is 0 Å². The molecule has 0 aliphatic carbocycles. The maximum atomic E-state index is 6.12. The van der Waals surface area contributed by atoms with E-state index in [4.69, 9.17) is 16.3 Å². The summed E-state index contributed by atoms with van der Waals surface area (Å²) in [5.74, 6) is 0.721. The van der Waals surface area contributed by atoms with E-state index in [9.17, 15) is 0 Å². The quantitative estimate of drug-likeness (QED) is 0.506. The van der Waals surface area contributed by atoms with Crippen LogP contribution in [-0.2, 0) is 4.74 Å². The number of piperidine rings is 1. The monoisotopic (exact) mass is 247 g/mol. The van der Waals surface area contributed by atoms with E-state index in [1.807, 2.05) is 0 Å². The number of halogens is 1. The van der Waals surface area contributed by atoms with E-state index >= 15 is 0 Å². The molecule has 0 spiro atoms. The standard InChI is InChI=1S/C13H26ClNO/c1-3-4-10-16-11-9-15-7-5-13(6-8-15)12(2)14/h12-13H,3-11H2,1-2H3. The largest absolute Gasteiger partial charge is 0.380 e. The Hall–Kier alpha value is 0.210. The molecular formula is C13H26ClNO. The zero-order valence-electron chi connectivity index (χ0n) is 10.8. The van der Waals surface area contributed by atoms with Gasteiger partial charge in [0, 0.05) is 18.5 Å². The fraction of sp³-hybridized carbons (Fsp3) is 1.00. The summed E-state index contributed by atoms with van der Waals surface area (Å²) >= 11 is 6.12. The number of alkyl halides is 1. The molecule has 1 saturated heterocycles. The minimum absolute atomic E-state index is 0.336. The molecule has 1 rings (SSSR count). The van der Waals surface area contributed by atoms with Crippen molar-refractivity contribution in [2.45, 2.75) is 44.9 Å². The van der Waals surface area contributed by atoms with E-state index in [0.29, 0.717) is 5.38 Å². The van der Waals surface area contributed by atoms with Gasteiger partial charge in [-0.3, -0.25) is 0 Å². The number of ether oxygens (including phenoxy) is 1. The van der Waals surface area contributed by atoms with Crippen molar-refractivity contribution in [3.63, 3.8) is 0 Å². The van der Waals surface area contributed by atoms with Gasteiger partial charge >= 0.3 is 0 Å². The van der Waals surface area contributed by atoms with Crippen molar-refractivity contribution in [1.29, 1.82) is 0 Å². The van der Waals surface area contributed by atoms with Crippen molar-refractivity contribution in [3.8, 4) is 0 Å². The first-order chi connectivity index (χ1) is 7.74. The molecule has 0 bridgehead atoms. The molecule has 1 atom stereocenters. The second-order valence-electron chi connectivity index (χ2n) is 4.82. The smallest absolute Gasteiger partial charge is 0.0593 e. The molecule has 1 aliphatic rings. The summed E-state index contributed by atoms with van der Waals surface area (Å²) in [5.41, 5.74) is 0. The summed E-state index contributed by atoms with van der Waals surface area (Å²) in [6.07, 6.45) is 4.91. The highest BCUT2D eigenvalue weighted by Crippen LogP contribution is 2.23. The highest BCUT2D eigenvalue weighted by molar-refractivity contribution is 6.20. The maximum Gasteiger partial charge on any atom is 0.0593 e. The molecule has 3 heteroatoms. The Bertz CT molecular complexity index is 167. The van der Waals surface area contributed by atoms with Gasteiger partial charge in [0.1, 0.15) is 0 Å². The zero-order valence-corrected chi connectivity index (χ0v) is 11.5. The van der Waals surface area contributed by atoms with Crippen molar-refractivity contribution in [2.24, 2.45) is 5.92 Å². The molecule has 0 N–H and O–H groups in total. The fourth-order valence-corrected chi connectivity index (χ4v) is 2.43. The average Bonchev–Trinajstić information content (AvgIpc) is 2.29. The van der Waals surface area contributed by atoms with E-state index in [-0.39, 0.29) is 0 Å². The Morgan fingerprint density at radius 2 is 2.00 bits per heavy atom. The summed E-state index contributed by atoms with van der Waals surface area (Å²) in [4.78, 5) is 2.50. The Balaban J connectivity index is 1.99. The Kier molecular flexibility index (Phi) is 7.42.